The number of aromatic nitrogens is 1. The Morgan fingerprint density at radius 2 is 1.94 bits per heavy atom. The largest absolute Gasteiger partial charge is 0.360 e. The van der Waals surface area contributed by atoms with Gasteiger partial charge in [-0.05, 0) is 42.3 Å². The summed E-state index contributed by atoms with van der Waals surface area (Å²) in [5, 5.41) is 7.38. The van der Waals surface area contributed by atoms with E-state index in [1.807, 2.05) is 26.8 Å². The third kappa shape index (κ3) is 5.97. The van der Waals surface area contributed by atoms with Gasteiger partial charge in [-0.3, -0.25) is 0 Å². The van der Waals surface area contributed by atoms with Crippen LogP contribution in [0.4, 0.5) is 5.82 Å². The smallest absolute Gasteiger partial charge is 0.267 e. The van der Waals surface area contributed by atoms with Gasteiger partial charge in [0.2, 0.25) is 0 Å². The van der Waals surface area contributed by atoms with Gasteiger partial charge in [0.05, 0.1) is 4.90 Å². The predicted molar refractivity (Wildman–Crippen MR) is 126 cm³/mol. The Bertz CT molecular complexity index is 1010. The van der Waals surface area contributed by atoms with Gasteiger partial charge in [-0.1, -0.05) is 51.6 Å². The Morgan fingerprint density at radius 1 is 1.19 bits per heavy atom. The summed E-state index contributed by atoms with van der Waals surface area (Å²) in [6, 6.07) is 8.00. The number of hydrogen-bond donors (Lipinski definition) is 1. The van der Waals surface area contributed by atoms with Gasteiger partial charge in [-0.25, -0.2) is 12.7 Å². The predicted octanol–water partition coefficient (Wildman–Crippen LogP) is 4.13. The molecule has 1 aliphatic heterocycles. The molecule has 1 aromatic heterocycles. The fourth-order valence-corrected chi connectivity index (χ4v) is 5.35. The molecule has 0 unspecified atom stereocenters. The van der Waals surface area contributed by atoms with Gasteiger partial charge >= 0.3 is 0 Å². The minimum absolute atomic E-state index is 0.0989. The summed E-state index contributed by atoms with van der Waals surface area (Å²) >= 11 is 0. The summed E-state index contributed by atoms with van der Waals surface area (Å²) in [5.74, 6) is 0.869. The van der Waals surface area contributed by atoms with E-state index in [0.717, 1.165) is 24.6 Å². The molecule has 1 aromatic carbocycles. The third-order valence-corrected chi connectivity index (χ3v) is 8.78. The van der Waals surface area contributed by atoms with Crippen LogP contribution in [0.2, 0.25) is 25.7 Å². The first-order chi connectivity index (χ1) is 14.4. The molecule has 9 heteroatoms. The Balaban J connectivity index is 1.91. The monoisotopic (exact) mass is 465 g/mol. The molecule has 0 saturated carbocycles. The lowest BCUT2D eigenvalue weighted by atomic mass is 9.93. The maximum absolute atomic E-state index is 13.6. The number of nitrogens with one attached hydrogen (secondary N) is 1. The SMILES string of the molecule is CC(C)(C)c1cc(N(COCC[Si](C)(C)C)S(=O)(=O)c2ccc3c(c2)CNCC3)no1. The second-order valence-corrected chi connectivity index (χ2v) is 17.8. The van der Waals surface area contributed by atoms with Crippen molar-refractivity contribution in [3.05, 3.63) is 41.2 Å². The van der Waals surface area contributed by atoms with E-state index in [1.165, 1.54) is 9.87 Å². The van der Waals surface area contributed by atoms with E-state index in [4.69, 9.17) is 9.26 Å². The first-order valence-electron chi connectivity index (χ1n) is 10.8. The maximum atomic E-state index is 13.6. The van der Waals surface area contributed by atoms with Crippen LogP contribution >= 0.6 is 0 Å². The molecule has 0 saturated heterocycles. The van der Waals surface area contributed by atoms with Crippen LogP contribution in [0, 0.1) is 0 Å². The van der Waals surface area contributed by atoms with Crippen molar-refractivity contribution in [3.63, 3.8) is 0 Å². The number of anilines is 1. The van der Waals surface area contributed by atoms with Gasteiger partial charge in [0.15, 0.2) is 5.82 Å². The van der Waals surface area contributed by atoms with Crippen molar-refractivity contribution in [1.29, 1.82) is 0 Å². The molecule has 0 amide bonds. The summed E-state index contributed by atoms with van der Waals surface area (Å²) in [5.41, 5.74) is 1.92. The molecular formula is C22H35N3O4SSi. The Kier molecular flexibility index (Phi) is 7.00. The Hall–Kier alpha value is -1.68. The standard InChI is InChI=1S/C22H35N3O4SSi/c1-22(2,3)20-14-21(24-29-20)25(16-28-11-12-31(4,5)6)30(26,27)19-8-7-17-9-10-23-15-18(17)13-19/h7-8,13-14,23H,9-12,15-16H2,1-6H3. The van der Waals surface area contributed by atoms with Crippen LogP contribution in [0.3, 0.4) is 0 Å². The van der Waals surface area contributed by atoms with Crippen molar-refractivity contribution in [2.75, 3.05) is 24.2 Å². The van der Waals surface area contributed by atoms with Gasteiger partial charge in [-0.2, -0.15) is 0 Å². The summed E-state index contributed by atoms with van der Waals surface area (Å²) in [4.78, 5) is 0.240. The number of nitrogens with zero attached hydrogens (tertiary/aromatic N) is 2. The van der Waals surface area contributed by atoms with Crippen molar-refractivity contribution in [2.45, 2.75) is 69.7 Å². The minimum Gasteiger partial charge on any atom is -0.360 e. The van der Waals surface area contributed by atoms with Crippen LogP contribution in [0.5, 0.6) is 0 Å². The highest BCUT2D eigenvalue weighted by Gasteiger charge is 2.31. The van der Waals surface area contributed by atoms with Gasteiger partial charge in [0.25, 0.3) is 10.0 Å². The van der Waals surface area contributed by atoms with E-state index in [1.54, 1.807) is 18.2 Å². The minimum atomic E-state index is -3.87. The third-order valence-electron chi connectivity index (χ3n) is 5.35. The molecule has 172 valence electrons. The number of rotatable bonds is 8. The van der Waals surface area contributed by atoms with E-state index < -0.39 is 18.1 Å². The molecule has 0 aliphatic carbocycles. The summed E-state index contributed by atoms with van der Waals surface area (Å²) in [7, 11) is -5.16. The average Bonchev–Trinajstić information content (AvgIpc) is 3.16. The molecular weight excluding hydrogens is 430 g/mol. The molecule has 1 N–H and O–H groups in total. The summed E-state index contributed by atoms with van der Waals surface area (Å²) in [6.45, 7) is 14.8. The van der Waals surface area contributed by atoms with E-state index >= 15 is 0 Å². The van der Waals surface area contributed by atoms with E-state index in [2.05, 4.69) is 30.1 Å². The molecule has 0 spiro atoms. The first-order valence-corrected chi connectivity index (χ1v) is 15.9. The molecule has 2 heterocycles. The quantitative estimate of drug-likeness (QED) is 0.359. The van der Waals surface area contributed by atoms with Gasteiger partial charge < -0.3 is 14.6 Å². The fourth-order valence-electron chi connectivity index (χ4n) is 3.27. The summed E-state index contributed by atoms with van der Waals surface area (Å²) < 4.78 is 39.8. The normalized spacial score (nSPS) is 15.0. The molecule has 7 nitrogen and oxygen atoms in total. The Morgan fingerprint density at radius 3 is 2.58 bits per heavy atom. The number of sulfonamides is 1. The van der Waals surface area contributed by atoms with Crippen molar-refractivity contribution >= 4 is 23.9 Å². The lowest BCUT2D eigenvalue weighted by molar-refractivity contribution is 0.155. The number of ether oxygens (including phenoxy) is 1. The van der Waals surface area contributed by atoms with Crippen molar-refractivity contribution < 1.29 is 17.7 Å². The fraction of sp³-hybridized carbons (Fsp3) is 0.591. The van der Waals surface area contributed by atoms with Gasteiger partial charge in [0.1, 0.15) is 12.5 Å². The molecule has 0 atom stereocenters. The maximum Gasteiger partial charge on any atom is 0.267 e. The highest BCUT2D eigenvalue weighted by molar-refractivity contribution is 7.92. The number of benzene rings is 1. The molecule has 0 bridgehead atoms. The number of hydrogen-bond acceptors (Lipinski definition) is 6. The van der Waals surface area contributed by atoms with Crippen LogP contribution in [0.15, 0.2) is 33.7 Å². The number of fused-ring (bicyclic) bond motifs is 1. The van der Waals surface area contributed by atoms with Gasteiger partial charge in [-0.15, -0.1) is 0 Å². The first kappa shape index (κ1) is 24.0. The molecule has 1 aliphatic rings. The highest BCUT2D eigenvalue weighted by atomic mass is 32.2. The molecule has 0 fully saturated rings. The lowest BCUT2D eigenvalue weighted by Gasteiger charge is -2.24. The van der Waals surface area contributed by atoms with E-state index in [0.29, 0.717) is 18.9 Å². The molecule has 3 rings (SSSR count). The van der Waals surface area contributed by atoms with Crippen molar-refractivity contribution in [2.24, 2.45) is 0 Å². The molecule has 0 radical (unpaired) electrons. The van der Waals surface area contributed by atoms with Crippen molar-refractivity contribution in [1.82, 2.24) is 10.5 Å². The van der Waals surface area contributed by atoms with Crippen LogP contribution in [-0.2, 0) is 33.1 Å². The molecule has 2 aromatic rings. The van der Waals surface area contributed by atoms with Crippen LogP contribution in [-0.4, -0.2) is 41.5 Å². The van der Waals surface area contributed by atoms with Crippen LogP contribution in [0.25, 0.3) is 0 Å². The zero-order valence-corrected chi connectivity index (χ0v) is 21.3. The Labute approximate surface area is 187 Å². The highest BCUT2D eigenvalue weighted by Crippen LogP contribution is 2.30. The van der Waals surface area contributed by atoms with Crippen molar-refractivity contribution in [3.8, 4) is 0 Å². The topological polar surface area (TPSA) is 84.7 Å². The van der Waals surface area contributed by atoms with E-state index in [-0.39, 0.29) is 22.9 Å². The second kappa shape index (κ2) is 9.05. The second-order valence-electron chi connectivity index (χ2n) is 10.4. The zero-order valence-electron chi connectivity index (χ0n) is 19.5. The zero-order chi connectivity index (χ0) is 22.9. The summed E-state index contributed by atoms with van der Waals surface area (Å²) in [6.07, 6.45) is 0.900. The van der Waals surface area contributed by atoms with Crippen LogP contribution < -0.4 is 9.62 Å². The lowest BCUT2D eigenvalue weighted by Crippen LogP contribution is -2.35. The molecule has 31 heavy (non-hydrogen) atoms. The average molecular weight is 466 g/mol. The van der Waals surface area contributed by atoms with E-state index in [9.17, 15) is 8.42 Å². The van der Waals surface area contributed by atoms with Gasteiger partial charge in [0, 0.05) is 32.7 Å². The van der Waals surface area contributed by atoms with Crippen LogP contribution in [0.1, 0.15) is 37.7 Å².